The van der Waals surface area contributed by atoms with E-state index in [1.807, 2.05) is 6.07 Å². The van der Waals surface area contributed by atoms with Gasteiger partial charge in [-0.3, -0.25) is 4.79 Å². The lowest BCUT2D eigenvalue weighted by molar-refractivity contribution is -0.122. The smallest absolute Gasteiger partial charge is 0.231 e. The molecule has 1 aromatic carbocycles. The summed E-state index contributed by atoms with van der Waals surface area (Å²) in [5, 5.41) is 7.00. The van der Waals surface area contributed by atoms with Crippen molar-refractivity contribution in [2.24, 2.45) is 5.92 Å². The van der Waals surface area contributed by atoms with E-state index in [1.54, 1.807) is 0 Å². The fourth-order valence-corrected chi connectivity index (χ4v) is 5.97. The molecule has 1 aliphatic carbocycles. The van der Waals surface area contributed by atoms with Crippen LogP contribution >= 0.6 is 0 Å². The first kappa shape index (κ1) is 18.3. The number of benzene rings is 1. The summed E-state index contributed by atoms with van der Waals surface area (Å²) < 4.78 is 11.1. The first-order chi connectivity index (χ1) is 13.7. The average Bonchev–Trinajstić information content (AvgIpc) is 3.32. The normalized spacial score (nSPS) is 30.2. The lowest BCUT2D eigenvalue weighted by atomic mass is 9.69. The van der Waals surface area contributed by atoms with Crippen LogP contribution in [0.5, 0.6) is 11.5 Å². The van der Waals surface area contributed by atoms with E-state index in [2.05, 4.69) is 22.8 Å². The first-order valence-electron chi connectivity index (χ1n) is 11.1. The Kier molecular flexibility index (Phi) is 4.95. The van der Waals surface area contributed by atoms with Crippen LogP contribution in [0.25, 0.3) is 0 Å². The fourth-order valence-electron chi connectivity index (χ4n) is 5.97. The van der Waals surface area contributed by atoms with Crippen LogP contribution in [0.4, 0.5) is 0 Å². The van der Waals surface area contributed by atoms with Crippen molar-refractivity contribution in [1.82, 2.24) is 10.6 Å². The molecule has 1 aromatic rings. The largest absolute Gasteiger partial charge is 0.454 e. The lowest BCUT2D eigenvalue weighted by Crippen LogP contribution is -2.44. The Labute approximate surface area is 167 Å². The molecule has 2 saturated heterocycles. The molecule has 2 N–H and O–H groups in total. The number of nitrogens with one attached hydrogen (secondary N) is 2. The van der Waals surface area contributed by atoms with Gasteiger partial charge in [0.2, 0.25) is 12.7 Å². The van der Waals surface area contributed by atoms with Gasteiger partial charge in [-0.15, -0.1) is 0 Å². The fraction of sp³-hybridized carbons (Fsp3) is 0.696. The van der Waals surface area contributed by atoms with Gasteiger partial charge in [-0.25, -0.2) is 0 Å². The highest BCUT2D eigenvalue weighted by Crippen LogP contribution is 2.43. The van der Waals surface area contributed by atoms with Crippen molar-refractivity contribution in [1.29, 1.82) is 0 Å². The molecule has 3 aliphatic heterocycles. The molecule has 4 aliphatic rings. The topological polar surface area (TPSA) is 59.6 Å². The summed E-state index contributed by atoms with van der Waals surface area (Å²) in [6.07, 6.45) is 11.6. The van der Waals surface area contributed by atoms with Gasteiger partial charge in [0.15, 0.2) is 11.5 Å². The standard InChI is InChI=1S/C23H32N2O3/c26-22(12-16-10-18-5-6-19(11-16)25-18)24-14-23(8-2-1-3-9-23)17-4-7-20-21(13-17)28-15-27-20/h4,7,13,16,18-19,25H,1-3,5-6,8-12,14-15H2,(H,24,26). The van der Waals surface area contributed by atoms with E-state index in [4.69, 9.17) is 9.47 Å². The third-order valence-corrected chi connectivity index (χ3v) is 7.46. The number of amides is 1. The number of hydrogen-bond donors (Lipinski definition) is 2. The Balaban J connectivity index is 1.25. The molecule has 28 heavy (non-hydrogen) atoms. The average molecular weight is 385 g/mol. The predicted molar refractivity (Wildman–Crippen MR) is 108 cm³/mol. The second kappa shape index (κ2) is 7.58. The van der Waals surface area contributed by atoms with Crippen LogP contribution < -0.4 is 20.1 Å². The van der Waals surface area contributed by atoms with Crippen molar-refractivity contribution < 1.29 is 14.3 Å². The van der Waals surface area contributed by atoms with E-state index in [9.17, 15) is 4.79 Å². The predicted octanol–water partition coefficient (Wildman–Crippen LogP) is 3.65. The van der Waals surface area contributed by atoms with Crippen molar-refractivity contribution in [3.63, 3.8) is 0 Å². The molecule has 0 radical (unpaired) electrons. The van der Waals surface area contributed by atoms with Gasteiger partial charge in [0.25, 0.3) is 0 Å². The minimum absolute atomic E-state index is 0.0298. The van der Waals surface area contributed by atoms with E-state index in [1.165, 1.54) is 37.7 Å². The second-order valence-electron chi connectivity index (χ2n) is 9.37. The Morgan fingerprint density at radius 1 is 1.07 bits per heavy atom. The van der Waals surface area contributed by atoms with Gasteiger partial charge in [-0.2, -0.15) is 0 Å². The highest BCUT2D eigenvalue weighted by molar-refractivity contribution is 5.76. The highest BCUT2D eigenvalue weighted by Gasteiger charge is 2.37. The Morgan fingerprint density at radius 3 is 2.61 bits per heavy atom. The second-order valence-corrected chi connectivity index (χ2v) is 9.37. The van der Waals surface area contributed by atoms with Gasteiger partial charge in [0, 0.05) is 30.5 Å². The number of piperidine rings is 1. The van der Waals surface area contributed by atoms with Crippen molar-refractivity contribution in [3.05, 3.63) is 23.8 Å². The SMILES string of the molecule is O=C(CC1CC2CCC(C1)N2)NCC1(c2ccc3c(c2)OCO3)CCCCC1. The number of rotatable bonds is 5. The molecule has 3 heterocycles. The molecular weight excluding hydrogens is 352 g/mol. The quantitative estimate of drug-likeness (QED) is 0.813. The van der Waals surface area contributed by atoms with Gasteiger partial charge in [0.1, 0.15) is 0 Å². The minimum atomic E-state index is 0.0298. The minimum Gasteiger partial charge on any atom is -0.454 e. The number of carbonyl (C=O) groups excluding carboxylic acids is 1. The summed E-state index contributed by atoms with van der Waals surface area (Å²) in [6.45, 7) is 1.05. The number of carbonyl (C=O) groups is 1. The monoisotopic (exact) mass is 384 g/mol. The Hall–Kier alpha value is -1.75. The Morgan fingerprint density at radius 2 is 1.82 bits per heavy atom. The van der Waals surface area contributed by atoms with Crippen LogP contribution in [0.2, 0.25) is 0 Å². The maximum atomic E-state index is 12.8. The van der Waals surface area contributed by atoms with Crippen LogP contribution in [-0.2, 0) is 10.2 Å². The van der Waals surface area contributed by atoms with Crippen LogP contribution in [-0.4, -0.2) is 31.3 Å². The van der Waals surface area contributed by atoms with Gasteiger partial charge >= 0.3 is 0 Å². The Bertz CT molecular complexity index is 717. The molecule has 5 nitrogen and oxygen atoms in total. The van der Waals surface area contributed by atoms with E-state index < -0.39 is 0 Å². The van der Waals surface area contributed by atoms with Crippen molar-refractivity contribution >= 4 is 5.91 Å². The highest BCUT2D eigenvalue weighted by atomic mass is 16.7. The maximum absolute atomic E-state index is 12.8. The van der Waals surface area contributed by atoms with Gasteiger partial charge in [0.05, 0.1) is 0 Å². The van der Waals surface area contributed by atoms with Gasteiger partial charge in [-0.1, -0.05) is 25.3 Å². The van der Waals surface area contributed by atoms with Crippen molar-refractivity contribution in [3.8, 4) is 11.5 Å². The lowest BCUT2D eigenvalue weighted by Gasteiger charge is -2.38. The molecule has 1 saturated carbocycles. The van der Waals surface area contributed by atoms with Gasteiger partial charge < -0.3 is 20.1 Å². The van der Waals surface area contributed by atoms with Crippen molar-refractivity contribution in [2.75, 3.05) is 13.3 Å². The number of hydrogen-bond acceptors (Lipinski definition) is 4. The summed E-state index contributed by atoms with van der Waals surface area (Å²) in [5.74, 6) is 2.46. The third-order valence-electron chi connectivity index (χ3n) is 7.46. The van der Waals surface area contributed by atoms with E-state index in [0.717, 1.165) is 43.7 Å². The molecule has 2 bridgehead atoms. The van der Waals surface area contributed by atoms with E-state index in [-0.39, 0.29) is 11.3 Å². The zero-order valence-corrected chi connectivity index (χ0v) is 16.7. The van der Waals surface area contributed by atoms with Crippen LogP contribution in [0.3, 0.4) is 0 Å². The molecule has 5 rings (SSSR count). The summed E-state index contributed by atoms with van der Waals surface area (Å²) in [7, 11) is 0. The summed E-state index contributed by atoms with van der Waals surface area (Å²) in [6, 6.07) is 7.64. The summed E-state index contributed by atoms with van der Waals surface area (Å²) >= 11 is 0. The van der Waals surface area contributed by atoms with Crippen LogP contribution in [0.15, 0.2) is 18.2 Å². The zero-order valence-electron chi connectivity index (χ0n) is 16.7. The molecule has 0 aromatic heterocycles. The molecule has 0 spiro atoms. The molecule has 152 valence electrons. The first-order valence-corrected chi connectivity index (χ1v) is 11.1. The summed E-state index contributed by atoms with van der Waals surface area (Å²) in [5.41, 5.74) is 1.32. The zero-order chi connectivity index (χ0) is 19.0. The van der Waals surface area contributed by atoms with Crippen LogP contribution in [0.1, 0.15) is 69.8 Å². The molecule has 3 fully saturated rings. The molecule has 2 atom stereocenters. The number of fused-ring (bicyclic) bond motifs is 3. The van der Waals surface area contributed by atoms with Crippen molar-refractivity contribution in [2.45, 2.75) is 81.7 Å². The van der Waals surface area contributed by atoms with Crippen LogP contribution in [0, 0.1) is 5.92 Å². The van der Waals surface area contributed by atoms with Gasteiger partial charge in [-0.05, 0) is 62.1 Å². The van der Waals surface area contributed by atoms with E-state index in [0.29, 0.717) is 31.2 Å². The maximum Gasteiger partial charge on any atom is 0.231 e. The molecule has 2 unspecified atom stereocenters. The summed E-state index contributed by atoms with van der Waals surface area (Å²) in [4.78, 5) is 12.8. The molecular formula is C23H32N2O3. The number of ether oxygens (including phenoxy) is 2. The molecule has 1 amide bonds. The van der Waals surface area contributed by atoms with E-state index >= 15 is 0 Å². The third kappa shape index (κ3) is 3.61. The molecule has 5 heteroatoms.